The van der Waals surface area contributed by atoms with Crippen molar-refractivity contribution in [1.29, 1.82) is 0 Å². The van der Waals surface area contributed by atoms with Crippen LogP contribution in [0.5, 0.6) is 0 Å². The Balaban J connectivity index is 3.43. The Morgan fingerprint density at radius 3 is 2.08 bits per heavy atom. The van der Waals surface area contributed by atoms with Crippen LogP contribution in [-0.4, -0.2) is 5.11 Å². The molecule has 0 saturated carbocycles. The molecule has 0 atom stereocenters. The molecular weight excluding hydrogens is 198 g/mol. The molecule has 1 nitrogen and oxygen atoms in total. The highest BCUT2D eigenvalue weighted by molar-refractivity contribution is 6.31. The number of benzene rings is 1. The van der Waals surface area contributed by atoms with Gasteiger partial charge in [-0.15, -0.1) is 0 Å². The summed E-state index contributed by atoms with van der Waals surface area (Å²) < 4.78 is 26.0. The average Bonchev–Trinajstić information content (AvgIpc) is 1.95. The van der Waals surface area contributed by atoms with Crippen LogP contribution in [0.1, 0.15) is 19.4 Å². The first kappa shape index (κ1) is 10.4. The predicted octanol–water partition coefficient (Wildman–Crippen LogP) is 2.85. The maximum atomic E-state index is 13.1. The summed E-state index contributed by atoms with van der Waals surface area (Å²) in [4.78, 5) is 0. The molecule has 0 saturated heterocycles. The third kappa shape index (κ3) is 1.98. The topological polar surface area (TPSA) is 20.2 Å². The summed E-state index contributed by atoms with van der Waals surface area (Å²) in [5.41, 5.74) is -1.70. The second kappa shape index (κ2) is 3.24. The van der Waals surface area contributed by atoms with E-state index in [1.165, 1.54) is 13.8 Å². The van der Waals surface area contributed by atoms with Crippen molar-refractivity contribution < 1.29 is 13.9 Å². The highest BCUT2D eigenvalue weighted by Crippen LogP contribution is 2.31. The van der Waals surface area contributed by atoms with Gasteiger partial charge < -0.3 is 5.11 Å². The lowest BCUT2D eigenvalue weighted by Gasteiger charge is -2.20. The maximum absolute atomic E-state index is 13.1. The molecule has 72 valence electrons. The molecule has 0 spiro atoms. The van der Waals surface area contributed by atoms with Crippen molar-refractivity contribution in [3.8, 4) is 0 Å². The van der Waals surface area contributed by atoms with Crippen molar-refractivity contribution in [1.82, 2.24) is 0 Å². The fourth-order valence-corrected chi connectivity index (χ4v) is 1.47. The van der Waals surface area contributed by atoms with Crippen LogP contribution in [0.15, 0.2) is 12.1 Å². The summed E-state index contributed by atoms with van der Waals surface area (Å²) in [6, 6.07) is 1.86. The lowest BCUT2D eigenvalue weighted by molar-refractivity contribution is 0.0743. The first-order chi connectivity index (χ1) is 5.84. The van der Waals surface area contributed by atoms with Crippen LogP contribution in [0, 0.1) is 11.6 Å². The average molecular weight is 207 g/mol. The first-order valence-corrected chi connectivity index (χ1v) is 4.08. The van der Waals surface area contributed by atoms with Gasteiger partial charge >= 0.3 is 0 Å². The Kier molecular flexibility index (Phi) is 2.59. The van der Waals surface area contributed by atoms with Crippen LogP contribution < -0.4 is 0 Å². The van der Waals surface area contributed by atoms with E-state index in [-0.39, 0.29) is 10.6 Å². The molecule has 0 amide bonds. The van der Waals surface area contributed by atoms with Gasteiger partial charge in [-0.1, -0.05) is 11.6 Å². The summed E-state index contributed by atoms with van der Waals surface area (Å²) in [5, 5.41) is 9.12. The van der Waals surface area contributed by atoms with E-state index in [1.54, 1.807) is 0 Å². The normalized spacial score (nSPS) is 11.8. The van der Waals surface area contributed by atoms with Crippen molar-refractivity contribution in [2.45, 2.75) is 19.4 Å². The van der Waals surface area contributed by atoms with Crippen LogP contribution in [0.3, 0.4) is 0 Å². The first-order valence-electron chi connectivity index (χ1n) is 3.70. The van der Waals surface area contributed by atoms with Gasteiger partial charge in [-0.3, -0.25) is 0 Å². The van der Waals surface area contributed by atoms with E-state index in [9.17, 15) is 13.9 Å². The van der Waals surface area contributed by atoms with Crippen LogP contribution >= 0.6 is 11.6 Å². The van der Waals surface area contributed by atoms with Gasteiger partial charge in [0.15, 0.2) is 0 Å². The number of hydrogen-bond donors (Lipinski definition) is 1. The van der Waals surface area contributed by atoms with Crippen LogP contribution in [0.25, 0.3) is 0 Å². The van der Waals surface area contributed by atoms with E-state index in [0.29, 0.717) is 0 Å². The van der Waals surface area contributed by atoms with E-state index in [2.05, 4.69) is 0 Å². The largest absolute Gasteiger partial charge is 0.386 e. The third-order valence-electron chi connectivity index (χ3n) is 1.66. The van der Waals surface area contributed by atoms with Gasteiger partial charge in [0.05, 0.1) is 10.6 Å². The molecule has 1 aromatic carbocycles. The van der Waals surface area contributed by atoms with Gasteiger partial charge in [-0.25, -0.2) is 8.78 Å². The SMILES string of the molecule is CC(C)(O)c1c(F)ccc(F)c1Cl. The molecule has 0 radical (unpaired) electrons. The zero-order valence-electron chi connectivity index (χ0n) is 7.24. The zero-order valence-corrected chi connectivity index (χ0v) is 7.99. The number of rotatable bonds is 1. The molecule has 1 N–H and O–H groups in total. The lowest BCUT2D eigenvalue weighted by atomic mass is 9.97. The van der Waals surface area contributed by atoms with E-state index >= 15 is 0 Å². The van der Waals surface area contributed by atoms with Crippen molar-refractivity contribution in [3.05, 3.63) is 34.4 Å². The van der Waals surface area contributed by atoms with Crippen molar-refractivity contribution in [3.63, 3.8) is 0 Å². The second-order valence-electron chi connectivity index (χ2n) is 3.28. The van der Waals surface area contributed by atoms with Gasteiger partial charge in [0.2, 0.25) is 0 Å². The van der Waals surface area contributed by atoms with E-state index in [4.69, 9.17) is 11.6 Å². The Labute approximate surface area is 80.0 Å². The number of halogens is 3. The minimum atomic E-state index is -1.48. The van der Waals surface area contributed by atoms with Gasteiger partial charge in [-0.2, -0.15) is 0 Å². The van der Waals surface area contributed by atoms with Crippen molar-refractivity contribution >= 4 is 11.6 Å². The van der Waals surface area contributed by atoms with Gasteiger partial charge in [0.25, 0.3) is 0 Å². The summed E-state index contributed by atoms with van der Waals surface area (Å²) in [7, 11) is 0. The minimum Gasteiger partial charge on any atom is -0.386 e. The molecule has 0 aliphatic carbocycles. The van der Waals surface area contributed by atoms with Gasteiger partial charge in [0.1, 0.15) is 11.6 Å². The fraction of sp³-hybridized carbons (Fsp3) is 0.333. The predicted molar refractivity (Wildman–Crippen MR) is 46.6 cm³/mol. The Bertz CT molecular complexity index is 331. The van der Waals surface area contributed by atoms with Crippen molar-refractivity contribution in [2.75, 3.05) is 0 Å². The quantitative estimate of drug-likeness (QED) is 0.701. The van der Waals surface area contributed by atoms with Crippen LogP contribution in [0.2, 0.25) is 5.02 Å². The van der Waals surface area contributed by atoms with Crippen LogP contribution in [0.4, 0.5) is 8.78 Å². The Hall–Kier alpha value is -0.670. The van der Waals surface area contributed by atoms with E-state index in [1.807, 2.05) is 0 Å². The standard InChI is InChI=1S/C9H9ClF2O/c1-9(2,13)7-5(11)3-4-6(12)8(7)10/h3-4,13H,1-2H3. The van der Waals surface area contributed by atoms with Crippen LogP contribution in [-0.2, 0) is 5.60 Å². The molecule has 0 fully saturated rings. The molecule has 1 aromatic rings. The molecule has 13 heavy (non-hydrogen) atoms. The summed E-state index contributed by atoms with van der Waals surface area (Å²) >= 11 is 5.51. The monoisotopic (exact) mass is 206 g/mol. The second-order valence-corrected chi connectivity index (χ2v) is 3.66. The molecule has 0 heterocycles. The van der Waals surface area contributed by atoms with E-state index < -0.39 is 17.2 Å². The number of aliphatic hydroxyl groups is 1. The smallest absolute Gasteiger partial charge is 0.142 e. The molecule has 4 heteroatoms. The molecule has 0 aliphatic heterocycles. The Morgan fingerprint density at radius 1 is 1.23 bits per heavy atom. The molecule has 0 bridgehead atoms. The highest BCUT2D eigenvalue weighted by atomic mass is 35.5. The van der Waals surface area contributed by atoms with Gasteiger partial charge in [0, 0.05) is 5.56 Å². The Morgan fingerprint density at radius 2 is 1.69 bits per heavy atom. The summed E-state index contributed by atoms with van der Waals surface area (Å²) in [5.74, 6) is -1.45. The molecule has 1 rings (SSSR count). The minimum absolute atomic E-state index is 0.214. The molecule has 0 unspecified atom stereocenters. The zero-order chi connectivity index (χ0) is 10.2. The molecular formula is C9H9ClF2O. The third-order valence-corrected chi connectivity index (χ3v) is 2.03. The highest BCUT2D eigenvalue weighted by Gasteiger charge is 2.25. The summed E-state index contributed by atoms with van der Waals surface area (Å²) in [6.45, 7) is 2.69. The molecule has 0 aliphatic rings. The van der Waals surface area contributed by atoms with Gasteiger partial charge in [-0.05, 0) is 26.0 Å². The molecule has 0 aromatic heterocycles. The summed E-state index contributed by atoms with van der Waals surface area (Å²) in [6.07, 6.45) is 0. The number of hydrogen-bond acceptors (Lipinski definition) is 1. The van der Waals surface area contributed by atoms with Crippen molar-refractivity contribution in [2.24, 2.45) is 0 Å². The lowest BCUT2D eigenvalue weighted by Crippen LogP contribution is -2.18. The van der Waals surface area contributed by atoms with E-state index in [0.717, 1.165) is 12.1 Å². The fourth-order valence-electron chi connectivity index (χ4n) is 1.09. The maximum Gasteiger partial charge on any atom is 0.142 e.